The maximum atomic E-state index is 12.5. The number of amides is 1. The zero-order chi connectivity index (χ0) is 18.7. The standard InChI is InChI=1S/C19H26N4O3/c1-19(2,3)26-18(24)23-9-5-4-6-14(23)12-25-17-11-21-16-10-13(20)7-8-15(16)22-17/h7-8,10-11,14H,4-6,9,12,20H2,1-3H3/t14-/m1/s1. The average Bonchev–Trinajstić information content (AvgIpc) is 2.58. The summed E-state index contributed by atoms with van der Waals surface area (Å²) in [5.41, 5.74) is 7.35. The van der Waals surface area contributed by atoms with Gasteiger partial charge >= 0.3 is 6.09 Å². The number of carbonyl (C=O) groups is 1. The molecule has 1 aliphatic rings. The van der Waals surface area contributed by atoms with Gasteiger partial charge in [-0.05, 0) is 58.2 Å². The van der Waals surface area contributed by atoms with Crippen LogP contribution in [-0.2, 0) is 4.74 Å². The molecule has 1 aliphatic heterocycles. The molecule has 2 heterocycles. The lowest BCUT2D eigenvalue weighted by Crippen LogP contribution is -2.48. The van der Waals surface area contributed by atoms with Crippen molar-refractivity contribution in [3.05, 3.63) is 24.4 Å². The van der Waals surface area contributed by atoms with Gasteiger partial charge in [0.15, 0.2) is 0 Å². The largest absolute Gasteiger partial charge is 0.474 e. The molecule has 0 radical (unpaired) electrons. The Morgan fingerprint density at radius 3 is 2.88 bits per heavy atom. The molecule has 2 N–H and O–H groups in total. The summed E-state index contributed by atoms with van der Waals surface area (Å²) in [6, 6.07) is 5.35. The third-order valence-corrected chi connectivity index (χ3v) is 4.22. The smallest absolute Gasteiger partial charge is 0.410 e. The van der Waals surface area contributed by atoms with Crippen LogP contribution in [0.2, 0.25) is 0 Å². The summed E-state index contributed by atoms with van der Waals surface area (Å²) in [5.74, 6) is 0.442. The predicted molar refractivity (Wildman–Crippen MR) is 100 cm³/mol. The lowest BCUT2D eigenvalue weighted by molar-refractivity contribution is 0.00335. The van der Waals surface area contributed by atoms with Crippen LogP contribution >= 0.6 is 0 Å². The number of hydrogen-bond donors (Lipinski definition) is 1. The van der Waals surface area contributed by atoms with E-state index in [0.717, 1.165) is 30.3 Å². The minimum absolute atomic E-state index is 0.0254. The molecule has 1 atom stereocenters. The molecule has 2 aromatic rings. The molecule has 0 unspecified atom stereocenters. The molecule has 7 heteroatoms. The Hall–Kier alpha value is -2.57. The quantitative estimate of drug-likeness (QED) is 0.846. The number of rotatable bonds is 3. The van der Waals surface area contributed by atoms with E-state index < -0.39 is 5.60 Å². The Balaban J connectivity index is 1.66. The van der Waals surface area contributed by atoms with Gasteiger partial charge in [0, 0.05) is 12.2 Å². The van der Waals surface area contributed by atoms with Crippen LogP contribution in [0.5, 0.6) is 5.88 Å². The van der Waals surface area contributed by atoms with Crippen LogP contribution in [0.4, 0.5) is 10.5 Å². The molecule has 0 aliphatic carbocycles. The SMILES string of the molecule is CC(C)(C)OC(=O)N1CCCC[C@@H]1COc1cnc2cc(N)ccc2n1. The molecule has 3 rings (SSSR count). The number of piperidine rings is 1. The van der Waals surface area contributed by atoms with Crippen LogP contribution in [0, 0.1) is 0 Å². The van der Waals surface area contributed by atoms with Crippen molar-refractivity contribution < 1.29 is 14.3 Å². The van der Waals surface area contributed by atoms with Gasteiger partial charge in [-0.3, -0.25) is 0 Å². The highest BCUT2D eigenvalue weighted by Gasteiger charge is 2.31. The van der Waals surface area contributed by atoms with Crippen LogP contribution in [0.3, 0.4) is 0 Å². The molecule has 0 saturated carbocycles. The van der Waals surface area contributed by atoms with Gasteiger partial charge in [0.05, 0.1) is 23.3 Å². The van der Waals surface area contributed by atoms with Gasteiger partial charge in [0.1, 0.15) is 12.2 Å². The fourth-order valence-corrected chi connectivity index (χ4v) is 3.00. The van der Waals surface area contributed by atoms with E-state index in [-0.39, 0.29) is 12.1 Å². The molecular formula is C19H26N4O3. The van der Waals surface area contributed by atoms with E-state index in [1.54, 1.807) is 23.2 Å². The van der Waals surface area contributed by atoms with Crippen molar-refractivity contribution in [1.82, 2.24) is 14.9 Å². The second-order valence-corrected chi connectivity index (χ2v) is 7.59. The van der Waals surface area contributed by atoms with Crippen molar-refractivity contribution in [2.45, 2.75) is 51.7 Å². The highest BCUT2D eigenvalue weighted by atomic mass is 16.6. The Morgan fingerprint density at radius 1 is 1.31 bits per heavy atom. The van der Waals surface area contributed by atoms with Crippen molar-refractivity contribution in [3.63, 3.8) is 0 Å². The number of aromatic nitrogens is 2. The van der Waals surface area contributed by atoms with E-state index in [0.29, 0.717) is 24.7 Å². The Bertz CT molecular complexity index is 788. The van der Waals surface area contributed by atoms with Gasteiger partial charge in [-0.1, -0.05) is 0 Å². The first-order valence-electron chi connectivity index (χ1n) is 8.96. The first-order valence-corrected chi connectivity index (χ1v) is 8.96. The molecule has 0 bridgehead atoms. The van der Waals surface area contributed by atoms with E-state index in [4.69, 9.17) is 15.2 Å². The number of nitrogen functional groups attached to an aromatic ring is 1. The summed E-state index contributed by atoms with van der Waals surface area (Å²) in [7, 11) is 0. The van der Waals surface area contributed by atoms with Crippen LogP contribution in [0.25, 0.3) is 11.0 Å². The Kier molecular flexibility index (Phi) is 5.15. The number of fused-ring (bicyclic) bond motifs is 1. The maximum absolute atomic E-state index is 12.5. The number of benzene rings is 1. The summed E-state index contributed by atoms with van der Waals surface area (Å²) in [6.07, 6.45) is 4.23. The number of anilines is 1. The van der Waals surface area contributed by atoms with Crippen LogP contribution in [0.15, 0.2) is 24.4 Å². The Morgan fingerprint density at radius 2 is 2.12 bits per heavy atom. The van der Waals surface area contributed by atoms with Gasteiger partial charge in [-0.15, -0.1) is 0 Å². The average molecular weight is 358 g/mol. The third kappa shape index (κ3) is 4.53. The van der Waals surface area contributed by atoms with Gasteiger partial charge < -0.3 is 20.1 Å². The van der Waals surface area contributed by atoms with Crippen LogP contribution in [-0.4, -0.2) is 45.8 Å². The van der Waals surface area contributed by atoms with Crippen molar-refractivity contribution in [2.75, 3.05) is 18.9 Å². The molecule has 1 amide bonds. The van der Waals surface area contributed by atoms with Crippen molar-refractivity contribution >= 4 is 22.8 Å². The number of likely N-dealkylation sites (tertiary alicyclic amines) is 1. The topological polar surface area (TPSA) is 90.6 Å². The monoisotopic (exact) mass is 358 g/mol. The molecule has 1 aromatic heterocycles. The highest BCUT2D eigenvalue weighted by molar-refractivity contribution is 5.78. The maximum Gasteiger partial charge on any atom is 0.410 e. The molecule has 0 spiro atoms. The van der Waals surface area contributed by atoms with E-state index in [1.165, 1.54) is 0 Å². The van der Waals surface area contributed by atoms with Gasteiger partial charge in [-0.2, -0.15) is 0 Å². The highest BCUT2D eigenvalue weighted by Crippen LogP contribution is 2.22. The van der Waals surface area contributed by atoms with Crippen molar-refractivity contribution in [2.24, 2.45) is 0 Å². The fraction of sp³-hybridized carbons (Fsp3) is 0.526. The molecule has 1 saturated heterocycles. The first-order chi connectivity index (χ1) is 12.3. The lowest BCUT2D eigenvalue weighted by atomic mass is 10.0. The molecule has 1 fully saturated rings. The van der Waals surface area contributed by atoms with Crippen molar-refractivity contribution in [1.29, 1.82) is 0 Å². The summed E-state index contributed by atoms with van der Waals surface area (Å²) in [4.78, 5) is 23.0. The Labute approximate surface area is 153 Å². The number of nitrogens with zero attached hydrogens (tertiary/aromatic N) is 3. The number of hydrogen-bond acceptors (Lipinski definition) is 6. The molecule has 26 heavy (non-hydrogen) atoms. The molecule has 7 nitrogen and oxygen atoms in total. The van der Waals surface area contributed by atoms with Gasteiger partial charge in [0.2, 0.25) is 5.88 Å². The van der Waals surface area contributed by atoms with Gasteiger partial charge in [-0.25, -0.2) is 14.8 Å². The third-order valence-electron chi connectivity index (χ3n) is 4.22. The fourth-order valence-electron chi connectivity index (χ4n) is 3.00. The lowest BCUT2D eigenvalue weighted by Gasteiger charge is -2.36. The van der Waals surface area contributed by atoms with E-state index in [1.807, 2.05) is 26.8 Å². The number of nitrogens with two attached hydrogens (primary N) is 1. The minimum Gasteiger partial charge on any atom is -0.474 e. The van der Waals surface area contributed by atoms with Crippen LogP contribution in [0.1, 0.15) is 40.0 Å². The summed E-state index contributed by atoms with van der Waals surface area (Å²) < 4.78 is 11.4. The van der Waals surface area contributed by atoms with E-state index >= 15 is 0 Å². The zero-order valence-corrected chi connectivity index (χ0v) is 15.6. The van der Waals surface area contributed by atoms with Gasteiger partial charge in [0.25, 0.3) is 0 Å². The summed E-state index contributed by atoms with van der Waals surface area (Å²) >= 11 is 0. The molecule has 140 valence electrons. The second kappa shape index (κ2) is 7.35. The van der Waals surface area contributed by atoms with Crippen LogP contribution < -0.4 is 10.5 Å². The zero-order valence-electron chi connectivity index (χ0n) is 15.6. The minimum atomic E-state index is -0.508. The van der Waals surface area contributed by atoms with Crippen molar-refractivity contribution in [3.8, 4) is 5.88 Å². The first kappa shape index (κ1) is 18.2. The number of ether oxygens (including phenoxy) is 2. The summed E-state index contributed by atoms with van der Waals surface area (Å²) in [5, 5.41) is 0. The van der Waals surface area contributed by atoms with E-state index in [2.05, 4.69) is 9.97 Å². The normalized spacial score (nSPS) is 18.0. The summed E-state index contributed by atoms with van der Waals surface area (Å²) in [6.45, 7) is 6.67. The molecular weight excluding hydrogens is 332 g/mol. The molecule has 1 aromatic carbocycles. The number of carbonyl (C=O) groups excluding carboxylic acids is 1. The predicted octanol–water partition coefficient (Wildman–Crippen LogP) is 3.38. The second-order valence-electron chi connectivity index (χ2n) is 7.59. The van der Waals surface area contributed by atoms with E-state index in [9.17, 15) is 4.79 Å².